The summed E-state index contributed by atoms with van der Waals surface area (Å²) in [5.41, 5.74) is 14.1. The van der Waals surface area contributed by atoms with E-state index in [1.54, 1.807) is 0 Å². The van der Waals surface area contributed by atoms with Crippen LogP contribution >= 0.6 is 0 Å². The quantitative estimate of drug-likeness (QED) is 0.187. The first-order valence-corrected chi connectivity index (χ1v) is 19.1. The number of aromatic nitrogens is 2. The Morgan fingerprint density at radius 2 is 0.600 bits per heavy atom. The second-order valence-electron chi connectivity index (χ2n) is 19.6. The van der Waals surface area contributed by atoms with Gasteiger partial charge in [0, 0.05) is 78.4 Å². The van der Waals surface area contributed by atoms with E-state index >= 15 is 0 Å². The maximum Gasteiger partial charge on any atom is 0.139 e. The van der Waals surface area contributed by atoms with Crippen molar-refractivity contribution in [1.29, 1.82) is 0 Å². The highest BCUT2D eigenvalue weighted by Gasteiger charge is 2.37. The summed E-state index contributed by atoms with van der Waals surface area (Å²) in [4.78, 5) is 0. The third-order valence-corrected chi connectivity index (χ3v) is 11.7. The molecule has 0 radical (unpaired) electrons. The van der Waals surface area contributed by atoms with Gasteiger partial charge in [-0.2, -0.15) is 0 Å². The molecule has 0 aliphatic carbocycles. The first-order chi connectivity index (χ1) is 23.3. The molecular formula is C46H54N2O2. The van der Waals surface area contributed by atoms with Crippen LogP contribution in [-0.2, 0) is 34.7 Å². The molecule has 0 fully saturated rings. The average molecular weight is 667 g/mol. The van der Waals surface area contributed by atoms with Gasteiger partial charge in [0.2, 0.25) is 0 Å². The van der Waals surface area contributed by atoms with Crippen molar-refractivity contribution in [1.82, 2.24) is 9.13 Å². The van der Waals surface area contributed by atoms with Crippen LogP contribution < -0.4 is 0 Å². The summed E-state index contributed by atoms with van der Waals surface area (Å²) in [6.45, 7) is 34.6. The van der Waals surface area contributed by atoms with Gasteiger partial charge in [-0.05, 0) is 58.8 Å². The zero-order valence-corrected chi connectivity index (χ0v) is 32.8. The molecule has 0 spiro atoms. The Kier molecular flexibility index (Phi) is 6.08. The van der Waals surface area contributed by atoms with Gasteiger partial charge in [0.05, 0.1) is 22.1 Å². The Morgan fingerprint density at radius 1 is 0.380 bits per heavy atom. The van der Waals surface area contributed by atoms with Crippen LogP contribution in [0.15, 0.2) is 33.1 Å². The number of furan rings is 2. The molecule has 5 aromatic carbocycles. The van der Waals surface area contributed by atoms with Gasteiger partial charge in [-0.3, -0.25) is 0 Å². The van der Waals surface area contributed by atoms with Crippen LogP contribution in [0.3, 0.4) is 0 Å². The van der Waals surface area contributed by atoms with Crippen molar-refractivity contribution in [3.8, 4) is 0 Å². The molecule has 4 aromatic heterocycles. The van der Waals surface area contributed by atoms with Crippen LogP contribution in [-0.4, -0.2) is 9.13 Å². The largest absolute Gasteiger partial charge is 0.455 e. The van der Waals surface area contributed by atoms with Gasteiger partial charge >= 0.3 is 0 Å². The van der Waals surface area contributed by atoms with E-state index in [-0.39, 0.29) is 21.7 Å². The minimum Gasteiger partial charge on any atom is -0.455 e. The standard InChI is InChI=1S/C46H54N2O2/c1-15-17-47-27-19-23(43(3,4)5)39-35-31(27)32-28(47)20-24(44(6,7)8)40-36(32)38-34-30(22-26(42(38)50-40)46(12,13)14)48(18-16-2)29-21-25(45(9,10)11)41(49-39)37(35)33(29)34/h19-22H,15-18H2,1-14H3. The lowest BCUT2D eigenvalue weighted by molar-refractivity contribution is 0.557. The monoisotopic (exact) mass is 666 g/mol. The zero-order chi connectivity index (χ0) is 35.8. The summed E-state index contributed by atoms with van der Waals surface area (Å²) in [5.74, 6) is 0. The lowest BCUT2D eigenvalue weighted by Crippen LogP contribution is -2.12. The van der Waals surface area contributed by atoms with Crippen LogP contribution in [0.5, 0.6) is 0 Å². The van der Waals surface area contributed by atoms with E-state index in [1.165, 1.54) is 87.4 Å². The second-order valence-corrected chi connectivity index (χ2v) is 19.6. The van der Waals surface area contributed by atoms with Crippen LogP contribution in [0.2, 0.25) is 0 Å². The summed E-state index contributed by atoms with van der Waals surface area (Å²) in [6.07, 6.45) is 2.12. The molecular weight excluding hydrogens is 613 g/mol. The number of hydrogen-bond donors (Lipinski definition) is 0. The van der Waals surface area contributed by atoms with E-state index in [4.69, 9.17) is 8.83 Å². The molecule has 0 aliphatic rings. The molecule has 4 heteroatoms. The SMILES string of the molecule is CCCn1c2cc(C(C)(C)C)c3oc4c(C(C)(C)C)cc5c6c4c3c2c2c3c(oc4c(C(C)(C)C)cc(c6c43)n5CCC)c(C(C)(C)C)cc21. The van der Waals surface area contributed by atoms with E-state index in [0.29, 0.717) is 0 Å². The first kappa shape index (κ1) is 32.0. The molecule has 0 amide bonds. The Balaban J connectivity index is 1.78. The van der Waals surface area contributed by atoms with E-state index in [9.17, 15) is 0 Å². The molecule has 9 aromatic rings. The van der Waals surface area contributed by atoms with Gasteiger partial charge in [0.1, 0.15) is 22.3 Å². The van der Waals surface area contributed by atoms with Gasteiger partial charge in [-0.25, -0.2) is 0 Å². The van der Waals surface area contributed by atoms with Crippen molar-refractivity contribution in [3.63, 3.8) is 0 Å². The highest BCUT2D eigenvalue weighted by Crippen LogP contribution is 2.57. The Hall–Kier alpha value is -3.92. The third-order valence-electron chi connectivity index (χ3n) is 11.7. The molecule has 0 unspecified atom stereocenters. The van der Waals surface area contributed by atoms with Crippen molar-refractivity contribution in [2.24, 2.45) is 0 Å². The first-order valence-electron chi connectivity index (χ1n) is 19.1. The fourth-order valence-corrected chi connectivity index (χ4v) is 9.47. The summed E-state index contributed by atoms with van der Waals surface area (Å²) in [5, 5.41) is 10.5. The van der Waals surface area contributed by atoms with Gasteiger partial charge in [0.25, 0.3) is 0 Å². The number of nitrogens with zero attached hydrogens (tertiary/aromatic N) is 2. The molecule has 9 rings (SSSR count). The highest BCUT2D eigenvalue weighted by molar-refractivity contribution is 6.45. The maximum atomic E-state index is 7.39. The fraction of sp³-hybridized carbons (Fsp3) is 0.478. The Morgan fingerprint density at radius 3 is 0.780 bits per heavy atom. The highest BCUT2D eigenvalue weighted by atomic mass is 16.3. The van der Waals surface area contributed by atoms with Gasteiger partial charge in [-0.15, -0.1) is 0 Å². The van der Waals surface area contributed by atoms with Crippen LogP contribution in [0.25, 0.3) is 87.5 Å². The number of aryl methyl sites for hydroxylation is 2. The summed E-state index contributed by atoms with van der Waals surface area (Å²) in [7, 11) is 0. The van der Waals surface area contributed by atoms with Crippen molar-refractivity contribution in [2.45, 2.75) is 145 Å². The molecule has 4 heterocycles. The molecule has 260 valence electrons. The molecule has 0 saturated heterocycles. The molecule has 0 bridgehead atoms. The van der Waals surface area contributed by atoms with E-state index in [2.05, 4.69) is 130 Å². The predicted molar refractivity (Wildman–Crippen MR) is 216 cm³/mol. The van der Waals surface area contributed by atoms with Crippen LogP contribution in [0.4, 0.5) is 0 Å². The predicted octanol–water partition coefficient (Wildman–Crippen LogP) is 14.0. The molecule has 0 aliphatic heterocycles. The van der Waals surface area contributed by atoms with Gasteiger partial charge in [-0.1, -0.05) is 96.9 Å². The zero-order valence-electron chi connectivity index (χ0n) is 32.8. The molecule has 0 N–H and O–H groups in total. The molecule has 50 heavy (non-hydrogen) atoms. The smallest absolute Gasteiger partial charge is 0.139 e. The molecule has 0 atom stereocenters. The van der Waals surface area contributed by atoms with Crippen molar-refractivity contribution >= 4 is 87.5 Å². The molecule has 4 nitrogen and oxygen atoms in total. The minimum absolute atomic E-state index is 0.114. The normalized spacial score (nSPS) is 14.5. The van der Waals surface area contributed by atoms with E-state index < -0.39 is 0 Å². The maximum absolute atomic E-state index is 7.39. The molecule has 0 saturated carbocycles. The Bertz CT molecular complexity index is 2420. The van der Waals surface area contributed by atoms with Gasteiger partial charge < -0.3 is 18.0 Å². The number of rotatable bonds is 4. The topological polar surface area (TPSA) is 36.1 Å². The van der Waals surface area contributed by atoms with Crippen molar-refractivity contribution in [2.75, 3.05) is 0 Å². The second kappa shape index (κ2) is 9.49. The van der Waals surface area contributed by atoms with E-state index in [1.807, 2.05) is 0 Å². The van der Waals surface area contributed by atoms with Crippen LogP contribution in [0.1, 0.15) is 132 Å². The number of benzene rings is 4. The fourth-order valence-electron chi connectivity index (χ4n) is 9.47. The van der Waals surface area contributed by atoms with Crippen molar-refractivity contribution in [3.05, 3.63) is 46.5 Å². The summed E-state index contributed by atoms with van der Waals surface area (Å²) < 4.78 is 20.0. The van der Waals surface area contributed by atoms with Crippen LogP contribution in [0, 0.1) is 0 Å². The summed E-state index contributed by atoms with van der Waals surface area (Å²) in [6, 6.07) is 9.93. The van der Waals surface area contributed by atoms with E-state index in [0.717, 1.165) is 48.3 Å². The lowest BCUT2D eigenvalue weighted by Gasteiger charge is -2.21. The third kappa shape index (κ3) is 3.83. The lowest BCUT2D eigenvalue weighted by atomic mass is 9.80. The minimum atomic E-state index is -0.114. The Labute approximate surface area is 295 Å². The summed E-state index contributed by atoms with van der Waals surface area (Å²) >= 11 is 0. The van der Waals surface area contributed by atoms with Crippen molar-refractivity contribution < 1.29 is 8.83 Å². The number of hydrogen-bond acceptors (Lipinski definition) is 2. The average Bonchev–Trinajstić information content (AvgIpc) is 3.71. The van der Waals surface area contributed by atoms with Gasteiger partial charge in [0.15, 0.2) is 0 Å².